The summed E-state index contributed by atoms with van der Waals surface area (Å²) >= 11 is 0. The van der Waals surface area contributed by atoms with Crippen LogP contribution in [0.5, 0.6) is 0 Å². The van der Waals surface area contributed by atoms with E-state index < -0.39 is 0 Å². The van der Waals surface area contributed by atoms with Crippen molar-refractivity contribution in [3.63, 3.8) is 0 Å². The maximum absolute atomic E-state index is 5.47. The van der Waals surface area contributed by atoms with Crippen molar-refractivity contribution in [1.29, 1.82) is 0 Å². The summed E-state index contributed by atoms with van der Waals surface area (Å²) < 4.78 is 15.4. The first-order chi connectivity index (χ1) is 13.8. The first-order valence-electron chi connectivity index (χ1n) is 10.1. The van der Waals surface area contributed by atoms with Gasteiger partial charge in [0, 0.05) is 53.0 Å². The van der Waals surface area contributed by atoms with Crippen LogP contribution in [-0.2, 0) is 9.47 Å². The van der Waals surface area contributed by atoms with E-state index in [2.05, 4.69) is 30.4 Å². The van der Waals surface area contributed by atoms with E-state index >= 15 is 0 Å². The summed E-state index contributed by atoms with van der Waals surface area (Å²) in [6.45, 7) is 8.25. The normalized spacial score (nSPS) is 21.3. The van der Waals surface area contributed by atoms with E-state index in [0.717, 1.165) is 77.0 Å². The molecule has 4 rings (SSSR count). The third kappa shape index (κ3) is 4.68. The van der Waals surface area contributed by atoms with E-state index in [1.165, 1.54) is 6.42 Å². The lowest BCUT2D eigenvalue weighted by atomic mass is 9.97. The predicted molar refractivity (Wildman–Crippen MR) is 105 cm³/mol. The van der Waals surface area contributed by atoms with Gasteiger partial charge in [-0.25, -0.2) is 14.6 Å². The molecule has 0 aromatic carbocycles. The molecule has 0 radical (unpaired) electrons. The number of fused-ring (bicyclic) bond motifs is 1. The highest BCUT2D eigenvalue weighted by Gasteiger charge is 2.26. The van der Waals surface area contributed by atoms with Gasteiger partial charge in [-0.3, -0.25) is 4.90 Å². The second kappa shape index (κ2) is 9.44. The summed E-state index contributed by atoms with van der Waals surface area (Å²) in [6, 6.07) is 0. The molecular weight excluding hydrogens is 362 g/mol. The molecule has 0 unspecified atom stereocenters. The largest absolute Gasteiger partial charge is 0.385 e. The lowest BCUT2D eigenvalue weighted by Crippen LogP contribution is -2.45. The van der Waals surface area contributed by atoms with Crippen molar-refractivity contribution in [1.82, 2.24) is 25.2 Å². The van der Waals surface area contributed by atoms with Gasteiger partial charge in [-0.05, 0) is 35.5 Å². The second-order valence-electron chi connectivity index (χ2n) is 7.45. The van der Waals surface area contributed by atoms with Crippen LogP contribution in [0.4, 0.5) is 11.6 Å². The molecule has 2 saturated heterocycles. The number of piperidine rings is 1. The molecule has 1 N–H and O–H groups in total. The van der Waals surface area contributed by atoms with Crippen molar-refractivity contribution in [3.8, 4) is 0 Å². The van der Waals surface area contributed by atoms with Crippen molar-refractivity contribution in [2.24, 2.45) is 5.92 Å². The van der Waals surface area contributed by atoms with Crippen LogP contribution in [0.2, 0.25) is 0 Å². The predicted octanol–water partition coefficient (Wildman–Crippen LogP) is 1.01. The molecule has 0 spiro atoms. The van der Waals surface area contributed by atoms with Crippen molar-refractivity contribution in [2.45, 2.75) is 19.3 Å². The van der Waals surface area contributed by atoms with Crippen LogP contribution >= 0.6 is 0 Å². The van der Waals surface area contributed by atoms with Gasteiger partial charge in [0.2, 0.25) is 11.3 Å². The van der Waals surface area contributed by atoms with Crippen LogP contribution in [0.3, 0.4) is 0 Å². The summed E-state index contributed by atoms with van der Waals surface area (Å²) in [5.41, 5.74) is 0.882. The van der Waals surface area contributed by atoms with Gasteiger partial charge < -0.3 is 19.7 Å². The van der Waals surface area contributed by atoms with E-state index in [1.54, 1.807) is 7.11 Å². The Hall–Kier alpha value is -2.04. The molecular formula is C18H29N7O3. The molecule has 0 bridgehead atoms. The van der Waals surface area contributed by atoms with Crippen LogP contribution in [0.25, 0.3) is 11.3 Å². The van der Waals surface area contributed by atoms with Crippen LogP contribution in [0.1, 0.15) is 19.3 Å². The molecule has 10 nitrogen and oxygen atoms in total. The quantitative estimate of drug-likeness (QED) is 0.656. The SMILES string of the molecule is COCCCNc1nc2nonc2nc1N1CCC[C@H](CN2CCOCC2)C1. The molecule has 0 aliphatic carbocycles. The second-order valence-corrected chi connectivity index (χ2v) is 7.45. The Kier molecular flexibility index (Phi) is 6.50. The number of nitrogens with one attached hydrogen (secondary N) is 1. The van der Waals surface area contributed by atoms with Crippen molar-refractivity contribution < 1.29 is 14.1 Å². The smallest absolute Gasteiger partial charge is 0.245 e. The lowest BCUT2D eigenvalue weighted by Gasteiger charge is -2.37. The number of methoxy groups -OCH3 is 1. The van der Waals surface area contributed by atoms with Gasteiger partial charge in [-0.2, -0.15) is 0 Å². The molecule has 2 aliphatic heterocycles. The number of hydrogen-bond donors (Lipinski definition) is 1. The average molecular weight is 391 g/mol. The van der Waals surface area contributed by atoms with Gasteiger partial charge in [-0.1, -0.05) is 0 Å². The van der Waals surface area contributed by atoms with Crippen LogP contribution in [-0.4, -0.2) is 91.4 Å². The number of nitrogens with zero attached hydrogens (tertiary/aromatic N) is 6. The van der Waals surface area contributed by atoms with Crippen LogP contribution < -0.4 is 10.2 Å². The van der Waals surface area contributed by atoms with E-state index in [1.807, 2.05) is 0 Å². The number of aromatic nitrogens is 4. The van der Waals surface area contributed by atoms with Gasteiger partial charge in [0.05, 0.1) is 13.2 Å². The summed E-state index contributed by atoms with van der Waals surface area (Å²) in [5.74, 6) is 2.19. The zero-order valence-corrected chi connectivity index (χ0v) is 16.5. The minimum absolute atomic E-state index is 0.430. The summed E-state index contributed by atoms with van der Waals surface area (Å²) in [6.07, 6.45) is 3.28. The first-order valence-corrected chi connectivity index (χ1v) is 10.1. The fourth-order valence-electron chi connectivity index (χ4n) is 3.95. The van der Waals surface area contributed by atoms with Crippen molar-refractivity contribution in [2.75, 3.05) is 76.4 Å². The molecule has 1 atom stereocenters. The fourth-order valence-corrected chi connectivity index (χ4v) is 3.95. The molecule has 28 heavy (non-hydrogen) atoms. The first kappa shape index (κ1) is 19.3. The third-order valence-corrected chi connectivity index (χ3v) is 5.35. The van der Waals surface area contributed by atoms with Crippen molar-refractivity contribution >= 4 is 22.9 Å². The Balaban J connectivity index is 1.47. The Morgan fingerprint density at radius 1 is 1.14 bits per heavy atom. The van der Waals surface area contributed by atoms with Crippen LogP contribution in [0, 0.1) is 5.92 Å². The molecule has 2 aromatic heterocycles. The number of rotatable bonds is 8. The topological polar surface area (TPSA) is 102 Å². The molecule has 4 heterocycles. The molecule has 2 aliphatic rings. The van der Waals surface area contributed by atoms with Crippen molar-refractivity contribution in [3.05, 3.63) is 0 Å². The highest BCUT2D eigenvalue weighted by molar-refractivity contribution is 5.74. The molecule has 154 valence electrons. The third-order valence-electron chi connectivity index (χ3n) is 5.35. The molecule has 10 heteroatoms. The Morgan fingerprint density at radius 3 is 2.79 bits per heavy atom. The molecule has 0 saturated carbocycles. The molecule has 2 aromatic rings. The average Bonchev–Trinajstić information content (AvgIpc) is 3.19. The van der Waals surface area contributed by atoms with Crippen LogP contribution in [0.15, 0.2) is 4.63 Å². The standard InChI is InChI=1S/C18H29N7O3/c1-26-9-3-5-19-17-18(21-16-15(20-17)22-28-23-16)25-6-2-4-14(13-25)12-24-7-10-27-11-8-24/h14H,2-13H2,1H3,(H,19,20,22)/t14-/m1/s1. The van der Waals surface area contributed by atoms with E-state index in [4.69, 9.17) is 19.1 Å². The highest BCUT2D eigenvalue weighted by Crippen LogP contribution is 2.28. The maximum atomic E-state index is 5.47. The lowest BCUT2D eigenvalue weighted by molar-refractivity contribution is 0.0296. The summed E-state index contributed by atoms with van der Waals surface area (Å²) in [5, 5.41) is 11.1. The fraction of sp³-hybridized carbons (Fsp3) is 0.778. The minimum Gasteiger partial charge on any atom is -0.385 e. The highest BCUT2D eigenvalue weighted by atomic mass is 16.6. The molecule has 2 fully saturated rings. The monoisotopic (exact) mass is 391 g/mol. The van der Waals surface area contributed by atoms with E-state index in [0.29, 0.717) is 23.8 Å². The zero-order valence-electron chi connectivity index (χ0n) is 16.5. The van der Waals surface area contributed by atoms with Gasteiger partial charge in [0.15, 0.2) is 11.6 Å². The van der Waals surface area contributed by atoms with Gasteiger partial charge in [-0.15, -0.1) is 0 Å². The number of anilines is 2. The zero-order chi connectivity index (χ0) is 19.2. The summed E-state index contributed by atoms with van der Waals surface area (Å²) in [7, 11) is 1.71. The number of hydrogen-bond acceptors (Lipinski definition) is 10. The Bertz CT molecular complexity index is 750. The maximum Gasteiger partial charge on any atom is 0.245 e. The van der Waals surface area contributed by atoms with E-state index in [9.17, 15) is 0 Å². The van der Waals surface area contributed by atoms with Gasteiger partial charge in [0.1, 0.15) is 0 Å². The Labute approximate surface area is 164 Å². The number of morpholine rings is 1. The minimum atomic E-state index is 0.430. The van der Waals surface area contributed by atoms with Gasteiger partial charge >= 0.3 is 0 Å². The van der Waals surface area contributed by atoms with E-state index in [-0.39, 0.29) is 0 Å². The Morgan fingerprint density at radius 2 is 1.96 bits per heavy atom. The molecule has 0 amide bonds. The van der Waals surface area contributed by atoms with Gasteiger partial charge in [0.25, 0.3) is 0 Å². The summed E-state index contributed by atoms with van der Waals surface area (Å²) in [4.78, 5) is 14.1. The number of ether oxygens (including phenoxy) is 2.